The maximum atomic E-state index is 14.0. The average Bonchev–Trinajstić information content (AvgIpc) is 2.88. The minimum absolute atomic E-state index is 0.214. The second kappa shape index (κ2) is 9.16. The van der Waals surface area contributed by atoms with E-state index in [0.717, 1.165) is 73.7 Å². The number of hydrogen-bond donors (Lipinski definition) is 2. The number of fused-ring (bicyclic) bond motifs is 1. The van der Waals surface area contributed by atoms with Gasteiger partial charge in [-0.2, -0.15) is 0 Å². The van der Waals surface area contributed by atoms with Crippen molar-refractivity contribution in [2.45, 2.75) is 50.0 Å². The van der Waals surface area contributed by atoms with Crippen LogP contribution in [0.15, 0.2) is 30.3 Å². The highest BCUT2D eigenvalue weighted by Gasteiger charge is 2.45. The second-order valence-corrected chi connectivity index (χ2v) is 9.17. The van der Waals surface area contributed by atoms with Gasteiger partial charge in [0.05, 0.1) is 17.7 Å². The lowest BCUT2D eigenvalue weighted by Gasteiger charge is -2.41. The molecule has 3 aliphatic heterocycles. The number of ether oxygens (including phenoxy) is 1. The van der Waals surface area contributed by atoms with Gasteiger partial charge in [0, 0.05) is 38.3 Å². The number of benzene rings is 1. The first-order valence-electron chi connectivity index (χ1n) is 11.9. The molecule has 5 rings (SSSR count). The Labute approximate surface area is 190 Å². The van der Waals surface area contributed by atoms with E-state index >= 15 is 0 Å². The molecule has 0 unspecified atom stereocenters. The Morgan fingerprint density at radius 1 is 1.16 bits per heavy atom. The van der Waals surface area contributed by atoms with Crippen LogP contribution >= 0.6 is 0 Å². The van der Waals surface area contributed by atoms with Gasteiger partial charge < -0.3 is 20.3 Å². The van der Waals surface area contributed by atoms with Crippen molar-refractivity contribution in [3.05, 3.63) is 53.0 Å². The standard InChI is InChI=1S/C25H33N5O2/c1-26-23-20-9-14-30(17-21(20)28-22(29-23)18-7-12-27-13-8-18)24(31)25(10-15-32-16-11-25)19-5-3-2-4-6-19/h2-6,18,27H,7-17H2,1H3,(H,26,28,29). The molecule has 1 amide bonds. The molecule has 2 N–H and O–H groups in total. The molecule has 3 aliphatic rings. The van der Waals surface area contributed by atoms with Crippen LogP contribution in [0.1, 0.15) is 54.2 Å². The Morgan fingerprint density at radius 3 is 2.62 bits per heavy atom. The number of piperidine rings is 1. The van der Waals surface area contributed by atoms with Crippen molar-refractivity contribution in [1.29, 1.82) is 0 Å². The Morgan fingerprint density at radius 2 is 1.91 bits per heavy atom. The van der Waals surface area contributed by atoms with Crippen molar-refractivity contribution in [2.24, 2.45) is 0 Å². The van der Waals surface area contributed by atoms with Crippen molar-refractivity contribution in [3.63, 3.8) is 0 Å². The normalized spacial score (nSPS) is 21.1. The lowest BCUT2D eigenvalue weighted by atomic mass is 9.72. The molecule has 4 heterocycles. The number of hydrogen-bond acceptors (Lipinski definition) is 6. The van der Waals surface area contributed by atoms with Gasteiger partial charge in [0.2, 0.25) is 5.91 Å². The van der Waals surface area contributed by atoms with Crippen LogP contribution in [0.2, 0.25) is 0 Å². The zero-order valence-corrected chi connectivity index (χ0v) is 18.9. The lowest BCUT2D eigenvalue weighted by molar-refractivity contribution is -0.142. The highest BCUT2D eigenvalue weighted by molar-refractivity contribution is 5.88. The lowest BCUT2D eigenvalue weighted by Crippen LogP contribution is -2.51. The summed E-state index contributed by atoms with van der Waals surface area (Å²) in [6, 6.07) is 10.3. The third kappa shape index (κ3) is 3.88. The number of rotatable bonds is 4. The summed E-state index contributed by atoms with van der Waals surface area (Å²) in [4.78, 5) is 26.0. The molecule has 170 valence electrons. The van der Waals surface area contributed by atoms with Crippen LogP contribution in [0, 0.1) is 0 Å². The summed E-state index contributed by atoms with van der Waals surface area (Å²) < 4.78 is 5.65. The number of aromatic nitrogens is 2. The molecule has 0 atom stereocenters. The molecular weight excluding hydrogens is 402 g/mol. The topological polar surface area (TPSA) is 79.4 Å². The van der Waals surface area contributed by atoms with Crippen molar-refractivity contribution < 1.29 is 9.53 Å². The summed E-state index contributed by atoms with van der Waals surface area (Å²) >= 11 is 0. The van der Waals surface area contributed by atoms with E-state index in [4.69, 9.17) is 14.7 Å². The Hall–Kier alpha value is -2.51. The van der Waals surface area contributed by atoms with Crippen molar-refractivity contribution in [3.8, 4) is 0 Å². The molecule has 1 aromatic heterocycles. The highest BCUT2D eigenvalue weighted by Crippen LogP contribution is 2.38. The first-order valence-corrected chi connectivity index (χ1v) is 11.9. The predicted molar refractivity (Wildman–Crippen MR) is 124 cm³/mol. The SMILES string of the molecule is CNc1nc(C2CCNCC2)nc2c1CCN(C(=O)C1(c3ccccc3)CCOCC1)C2. The molecule has 0 saturated carbocycles. The van der Waals surface area contributed by atoms with E-state index in [1.807, 2.05) is 30.1 Å². The van der Waals surface area contributed by atoms with E-state index in [-0.39, 0.29) is 5.91 Å². The summed E-state index contributed by atoms with van der Waals surface area (Å²) in [5.41, 5.74) is 2.77. The van der Waals surface area contributed by atoms with Gasteiger partial charge in [-0.1, -0.05) is 30.3 Å². The molecular formula is C25H33N5O2. The number of carbonyl (C=O) groups is 1. The van der Waals surface area contributed by atoms with Gasteiger partial charge in [-0.15, -0.1) is 0 Å². The minimum atomic E-state index is -0.506. The largest absolute Gasteiger partial charge is 0.381 e. The van der Waals surface area contributed by atoms with Crippen LogP contribution in [0.3, 0.4) is 0 Å². The summed E-state index contributed by atoms with van der Waals surface area (Å²) in [5.74, 6) is 2.45. The first kappa shape index (κ1) is 21.3. The van der Waals surface area contributed by atoms with E-state index in [1.165, 1.54) is 0 Å². The van der Waals surface area contributed by atoms with Gasteiger partial charge in [-0.3, -0.25) is 4.79 Å². The molecule has 7 heteroatoms. The molecule has 32 heavy (non-hydrogen) atoms. The monoisotopic (exact) mass is 435 g/mol. The molecule has 2 fully saturated rings. The number of carbonyl (C=O) groups excluding carboxylic acids is 1. The molecule has 0 aliphatic carbocycles. The molecule has 2 saturated heterocycles. The van der Waals surface area contributed by atoms with Gasteiger partial charge in [0.15, 0.2) is 0 Å². The number of amides is 1. The summed E-state index contributed by atoms with van der Waals surface area (Å²) in [6.07, 6.45) is 4.35. The number of nitrogens with one attached hydrogen (secondary N) is 2. The Balaban J connectivity index is 1.45. The molecule has 0 spiro atoms. The van der Waals surface area contributed by atoms with Crippen LogP contribution < -0.4 is 10.6 Å². The minimum Gasteiger partial charge on any atom is -0.381 e. The Bertz CT molecular complexity index is 952. The number of nitrogens with zero attached hydrogens (tertiary/aromatic N) is 3. The molecule has 0 radical (unpaired) electrons. The van der Waals surface area contributed by atoms with Crippen LogP contribution in [-0.4, -0.2) is 60.7 Å². The smallest absolute Gasteiger partial charge is 0.233 e. The van der Waals surface area contributed by atoms with E-state index < -0.39 is 5.41 Å². The first-order chi connectivity index (χ1) is 15.7. The third-order valence-electron chi connectivity index (χ3n) is 7.39. The van der Waals surface area contributed by atoms with Crippen molar-refractivity contribution >= 4 is 11.7 Å². The predicted octanol–water partition coefficient (Wildman–Crippen LogP) is 2.62. The van der Waals surface area contributed by atoms with Gasteiger partial charge in [0.1, 0.15) is 11.6 Å². The third-order valence-corrected chi connectivity index (χ3v) is 7.39. The van der Waals surface area contributed by atoms with Crippen molar-refractivity contribution in [1.82, 2.24) is 20.2 Å². The average molecular weight is 436 g/mol. The van der Waals surface area contributed by atoms with Gasteiger partial charge in [-0.05, 0) is 50.8 Å². The van der Waals surface area contributed by atoms with Crippen LogP contribution in [0.5, 0.6) is 0 Å². The van der Waals surface area contributed by atoms with E-state index in [0.29, 0.717) is 32.2 Å². The highest BCUT2D eigenvalue weighted by atomic mass is 16.5. The molecule has 2 aromatic rings. The van der Waals surface area contributed by atoms with E-state index in [2.05, 4.69) is 22.8 Å². The maximum absolute atomic E-state index is 14.0. The molecule has 1 aromatic carbocycles. The summed E-state index contributed by atoms with van der Waals surface area (Å²) in [6.45, 7) is 4.51. The molecule has 0 bridgehead atoms. The van der Waals surface area contributed by atoms with Crippen LogP contribution in [-0.2, 0) is 27.9 Å². The van der Waals surface area contributed by atoms with E-state index in [1.54, 1.807) is 0 Å². The summed E-state index contributed by atoms with van der Waals surface area (Å²) in [5, 5.41) is 6.71. The van der Waals surface area contributed by atoms with E-state index in [9.17, 15) is 4.79 Å². The Kier molecular flexibility index (Phi) is 6.11. The van der Waals surface area contributed by atoms with Crippen LogP contribution in [0.25, 0.3) is 0 Å². The van der Waals surface area contributed by atoms with Gasteiger partial charge in [0.25, 0.3) is 0 Å². The quantitative estimate of drug-likeness (QED) is 0.769. The molecule has 7 nitrogen and oxygen atoms in total. The van der Waals surface area contributed by atoms with Crippen molar-refractivity contribution in [2.75, 3.05) is 45.2 Å². The van der Waals surface area contributed by atoms with Gasteiger partial charge >= 0.3 is 0 Å². The fraction of sp³-hybridized carbons (Fsp3) is 0.560. The fourth-order valence-corrected chi connectivity index (χ4v) is 5.50. The van der Waals surface area contributed by atoms with Crippen LogP contribution in [0.4, 0.5) is 5.82 Å². The zero-order valence-electron chi connectivity index (χ0n) is 18.9. The fourth-order valence-electron chi connectivity index (χ4n) is 5.50. The maximum Gasteiger partial charge on any atom is 0.233 e. The number of anilines is 1. The van der Waals surface area contributed by atoms with Gasteiger partial charge in [-0.25, -0.2) is 9.97 Å². The zero-order chi connectivity index (χ0) is 22.0. The summed E-state index contributed by atoms with van der Waals surface area (Å²) in [7, 11) is 1.93. The second-order valence-electron chi connectivity index (χ2n) is 9.17.